The van der Waals surface area contributed by atoms with Crippen LogP contribution in [0.25, 0.3) is 0 Å². The van der Waals surface area contributed by atoms with Crippen LogP contribution in [0, 0.1) is 0 Å². The second kappa shape index (κ2) is 13.9. The van der Waals surface area contributed by atoms with E-state index in [4.69, 9.17) is 14.2 Å². The molecule has 10 nitrogen and oxygen atoms in total. The monoisotopic (exact) mass is 562 g/mol. The summed E-state index contributed by atoms with van der Waals surface area (Å²) in [5, 5.41) is 3.17. The van der Waals surface area contributed by atoms with Crippen molar-refractivity contribution < 1.29 is 28.6 Å². The van der Waals surface area contributed by atoms with Crippen molar-refractivity contribution in [3.63, 3.8) is 0 Å². The normalized spacial score (nSPS) is 10.2. The number of esters is 3. The third kappa shape index (κ3) is 8.55. The van der Waals surface area contributed by atoms with Crippen LogP contribution in [0.3, 0.4) is 0 Å². The van der Waals surface area contributed by atoms with Gasteiger partial charge >= 0.3 is 17.9 Å². The summed E-state index contributed by atoms with van der Waals surface area (Å²) in [6.45, 7) is 10.2. The molecule has 0 amide bonds. The van der Waals surface area contributed by atoms with Gasteiger partial charge in [-0.2, -0.15) is 9.97 Å². The van der Waals surface area contributed by atoms with Crippen LogP contribution in [0.4, 0.5) is 11.6 Å². The number of nitrogens with zero attached hydrogens (tertiary/aromatic N) is 3. The number of benzene rings is 3. The summed E-state index contributed by atoms with van der Waals surface area (Å²) < 4.78 is 15.4. The average molecular weight is 563 g/mol. The molecule has 10 heteroatoms. The maximum atomic E-state index is 11.5. The second-order valence-electron chi connectivity index (χ2n) is 8.66. The number of rotatable bonds is 12. The summed E-state index contributed by atoms with van der Waals surface area (Å²) >= 11 is 0. The average Bonchev–Trinajstić information content (AvgIpc) is 2.99. The van der Waals surface area contributed by atoms with Crippen molar-refractivity contribution in [2.45, 2.75) is 12.8 Å². The van der Waals surface area contributed by atoms with Crippen molar-refractivity contribution in [3.8, 4) is 17.2 Å². The van der Waals surface area contributed by atoms with Gasteiger partial charge in [0, 0.05) is 36.8 Å². The highest BCUT2D eigenvalue weighted by Gasteiger charge is 2.11. The first-order chi connectivity index (χ1) is 20.3. The van der Waals surface area contributed by atoms with E-state index in [-0.39, 0.29) is 0 Å². The van der Waals surface area contributed by atoms with Crippen LogP contribution in [0.5, 0.6) is 17.2 Å². The topological polar surface area (TPSA) is 130 Å². The summed E-state index contributed by atoms with van der Waals surface area (Å²) in [6, 6.07) is 20.7. The lowest BCUT2D eigenvalue weighted by Crippen LogP contribution is -2.09. The lowest BCUT2D eigenvalue weighted by Gasteiger charge is -2.11. The predicted molar refractivity (Wildman–Crippen MR) is 156 cm³/mol. The zero-order valence-electron chi connectivity index (χ0n) is 22.5. The summed E-state index contributed by atoms with van der Waals surface area (Å²) in [4.78, 5) is 48.2. The summed E-state index contributed by atoms with van der Waals surface area (Å²) in [5.41, 5.74) is 2.44. The highest BCUT2D eigenvalue weighted by Crippen LogP contribution is 2.21. The Labute approximate surface area is 242 Å². The maximum Gasteiger partial charge on any atom is 0.335 e. The molecule has 0 aliphatic heterocycles. The van der Waals surface area contributed by atoms with E-state index in [2.05, 4.69) is 40.0 Å². The summed E-state index contributed by atoms with van der Waals surface area (Å²) in [5.74, 6) is 0.849. The Morgan fingerprint density at radius 3 is 1.29 bits per heavy atom. The molecule has 1 aromatic heterocycles. The Balaban J connectivity index is 1.56. The standard InChI is InChI=1S/C32H26N4O6/c1-4-29(37)40-24-13-7-21(8-14-24)19-27-34-28(20-22-9-15-25(16-10-22)41-30(38)5-2)36-32(35-27)33-23-11-17-26(18-12-23)42-31(39)6-3/h4-18H,1-3,19-20H2,(H,33,34,35,36). The number of ether oxygens (including phenoxy) is 3. The van der Waals surface area contributed by atoms with Crippen LogP contribution in [0.2, 0.25) is 0 Å². The third-order valence-corrected chi connectivity index (χ3v) is 5.56. The molecule has 0 atom stereocenters. The summed E-state index contributed by atoms with van der Waals surface area (Å²) in [6.07, 6.45) is 4.04. The maximum absolute atomic E-state index is 11.5. The predicted octanol–water partition coefficient (Wildman–Crippen LogP) is 5.07. The van der Waals surface area contributed by atoms with Crippen molar-refractivity contribution in [2.75, 3.05) is 5.32 Å². The fourth-order valence-corrected chi connectivity index (χ4v) is 3.61. The molecular weight excluding hydrogens is 536 g/mol. The molecule has 0 aliphatic rings. The van der Waals surface area contributed by atoms with E-state index >= 15 is 0 Å². The van der Waals surface area contributed by atoms with Gasteiger partial charge in [-0.3, -0.25) is 0 Å². The molecule has 1 N–H and O–H groups in total. The molecule has 4 aromatic rings. The van der Waals surface area contributed by atoms with Crippen LogP contribution in [-0.2, 0) is 27.2 Å². The molecule has 210 valence electrons. The van der Waals surface area contributed by atoms with E-state index in [0.717, 1.165) is 29.4 Å². The van der Waals surface area contributed by atoms with Crippen LogP contribution in [0.1, 0.15) is 22.8 Å². The first-order valence-corrected chi connectivity index (χ1v) is 12.6. The Morgan fingerprint density at radius 1 is 0.571 bits per heavy atom. The van der Waals surface area contributed by atoms with Crippen LogP contribution >= 0.6 is 0 Å². The number of hydrogen-bond acceptors (Lipinski definition) is 10. The van der Waals surface area contributed by atoms with E-state index < -0.39 is 17.9 Å². The van der Waals surface area contributed by atoms with Gasteiger partial charge in [-0.1, -0.05) is 44.0 Å². The fraction of sp³-hybridized carbons (Fsp3) is 0.0625. The lowest BCUT2D eigenvalue weighted by molar-refractivity contribution is -0.129. The molecular formula is C32H26N4O6. The Hall–Kier alpha value is -5.90. The molecule has 3 aromatic carbocycles. The highest BCUT2D eigenvalue weighted by atomic mass is 16.5. The van der Waals surface area contributed by atoms with Gasteiger partial charge in [0.2, 0.25) is 5.95 Å². The Bertz CT molecular complexity index is 1410. The zero-order valence-corrected chi connectivity index (χ0v) is 22.5. The first kappa shape index (κ1) is 29.1. The third-order valence-electron chi connectivity index (χ3n) is 5.56. The molecule has 0 radical (unpaired) electrons. The number of carbonyl (C=O) groups excluding carboxylic acids is 3. The molecule has 0 unspecified atom stereocenters. The van der Waals surface area contributed by atoms with Gasteiger partial charge in [0.15, 0.2) is 0 Å². The van der Waals surface area contributed by atoms with Gasteiger partial charge in [-0.15, -0.1) is 0 Å². The van der Waals surface area contributed by atoms with E-state index in [9.17, 15) is 14.4 Å². The van der Waals surface area contributed by atoms with Crippen LogP contribution in [-0.4, -0.2) is 32.9 Å². The number of nitrogens with one attached hydrogen (secondary N) is 1. The van der Waals surface area contributed by atoms with Crippen molar-refractivity contribution in [2.24, 2.45) is 0 Å². The van der Waals surface area contributed by atoms with Gasteiger partial charge in [0.1, 0.15) is 28.9 Å². The summed E-state index contributed by atoms with van der Waals surface area (Å²) in [7, 11) is 0. The molecule has 0 saturated carbocycles. The molecule has 0 bridgehead atoms. The largest absolute Gasteiger partial charge is 0.423 e. The van der Waals surface area contributed by atoms with Crippen LogP contribution in [0.15, 0.2) is 111 Å². The number of carbonyl (C=O) groups is 3. The number of anilines is 2. The SMILES string of the molecule is C=CC(=O)Oc1ccc(Cc2nc(Cc3ccc(OC(=O)C=C)cc3)nc(Nc3ccc(OC(=O)C=C)cc3)n2)cc1. The molecule has 0 aliphatic carbocycles. The van der Waals surface area contributed by atoms with Crippen LogP contribution < -0.4 is 19.5 Å². The zero-order chi connectivity index (χ0) is 29.9. The molecule has 0 spiro atoms. The van der Waals surface area contributed by atoms with Gasteiger partial charge in [-0.25, -0.2) is 19.4 Å². The minimum atomic E-state index is -0.554. The number of hydrogen-bond donors (Lipinski definition) is 1. The molecule has 0 saturated heterocycles. The number of aromatic nitrogens is 3. The van der Waals surface area contributed by atoms with Crippen molar-refractivity contribution in [3.05, 3.63) is 134 Å². The Morgan fingerprint density at radius 2 is 0.929 bits per heavy atom. The Kier molecular flexibility index (Phi) is 9.66. The van der Waals surface area contributed by atoms with Gasteiger partial charge in [0.25, 0.3) is 0 Å². The second-order valence-corrected chi connectivity index (χ2v) is 8.66. The van der Waals surface area contributed by atoms with E-state index in [1.807, 2.05) is 24.3 Å². The minimum absolute atomic E-state index is 0.318. The van der Waals surface area contributed by atoms with Gasteiger partial charge < -0.3 is 19.5 Å². The lowest BCUT2D eigenvalue weighted by atomic mass is 10.1. The van der Waals surface area contributed by atoms with Gasteiger partial charge in [-0.05, 0) is 59.7 Å². The quantitative estimate of drug-likeness (QED) is 0.142. The molecule has 4 rings (SSSR count). The van der Waals surface area contributed by atoms with E-state index in [0.29, 0.717) is 53.4 Å². The smallest absolute Gasteiger partial charge is 0.335 e. The van der Waals surface area contributed by atoms with Crippen molar-refractivity contribution in [1.82, 2.24) is 15.0 Å². The van der Waals surface area contributed by atoms with E-state index in [1.165, 1.54) is 0 Å². The van der Waals surface area contributed by atoms with Crippen molar-refractivity contribution >= 4 is 29.5 Å². The molecule has 1 heterocycles. The van der Waals surface area contributed by atoms with Crippen molar-refractivity contribution in [1.29, 1.82) is 0 Å². The fourth-order valence-electron chi connectivity index (χ4n) is 3.61. The van der Waals surface area contributed by atoms with Gasteiger partial charge in [0.05, 0.1) is 0 Å². The highest BCUT2D eigenvalue weighted by molar-refractivity contribution is 5.84. The minimum Gasteiger partial charge on any atom is -0.423 e. The molecule has 42 heavy (non-hydrogen) atoms. The van der Waals surface area contributed by atoms with E-state index in [1.54, 1.807) is 48.5 Å². The first-order valence-electron chi connectivity index (χ1n) is 12.6. The molecule has 0 fully saturated rings.